The van der Waals surface area contributed by atoms with Crippen molar-refractivity contribution in [2.45, 2.75) is 12.3 Å². The average molecular weight is 611 g/mol. The lowest BCUT2D eigenvalue weighted by molar-refractivity contribution is 0.341. The molecule has 6 nitrogen and oxygen atoms in total. The number of pyridine rings is 2. The van der Waals surface area contributed by atoms with Gasteiger partial charge in [-0.15, -0.1) is 11.3 Å². The molecule has 4 aromatic heterocycles. The predicted octanol–water partition coefficient (Wildman–Crippen LogP) is 9.15. The predicted molar refractivity (Wildman–Crippen MR) is 186 cm³/mol. The first kappa shape index (κ1) is 25.7. The van der Waals surface area contributed by atoms with Crippen LogP contribution in [0, 0.1) is 0 Å². The van der Waals surface area contributed by atoms with Crippen molar-refractivity contribution >= 4 is 49.1 Å². The van der Waals surface area contributed by atoms with E-state index >= 15 is 0 Å². The van der Waals surface area contributed by atoms with Crippen molar-refractivity contribution in [3.8, 4) is 16.1 Å². The van der Waals surface area contributed by atoms with Crippen LogP contribution in [0.4, 0.5) is 0 Å². The Hall–Kier alpha value is -5.63. The van der Waals surface area contributed by atoms with Crippen LogP contribution in [0.5, 0.6) is 0 Å². The molecule has 7 heteroatoms. The van der Waals surface area contributed by atoms with Crippen molar-refractivity contribution in [2.24, 2.45) is 4.99 Å². The Balaban J connectivity index is 1.13. The van der Waals surface area contributed by atoms with Gasteiger partial charge in [0.15, 0.2) is 0 Å². The Labute approximate surface area is 269 Å². The highest BCUT2D eigenvalue weighted by molar-refractivity contribution is 7.23. The summed E-state index contributed by atoms with van der Waals surface area (Å²) in [5.74, 6) is 0.964. The number of thiophene rings is 1. The van der Waals surface area contributed by atoms with Crippen molar-refractivity contribution < 1.29 is 0 Å². The molecule has 0 aliphatic carbocycles. The van der Waals surface area contributed by atoms with Crippen LogP contribution in [0.25, 0.3) is 48.0 Å². The van der Waals surface area contributed by atoms with E-state index in [1.54, 1.807) is 0 Å². The Kier molecular flexibility index (Phi) is 5.55. The van der Waals surface area contributed by atoms with Crippen LogP contribution in [0.2, 0.25) is 0 Å². The maximum atomic E-state index is 5.27. The summed E-state index contributed by atoms with van der Waals surface area (Å²) in [6.45, 7) is 0. The van der Waals surface area contributed by atoms with Crippen molar-refractivity contribution in [2.75, 3.05) is 0 Å². The normalized spacial score (nSPS) is 18.7. The lowest BCUT2D eigenvalue weighted by Gasteiger charge is -2.14. The van der Waals surface area contributed by atoms with Gasteiger partial charge in [0.2, 0.25) is 0 Å². The highest BCUT2D eigenvalue weighted by atomic mass is 32.1. The van der Waals surface area contributed by atoms with Gasteiger partial charge in [-0.05, 0) is 76.7 Å². The first-order valence-electron chi connectivity index (χ1n) is 15.4. The number of aromatic nitrogens is 3. The molecule has 46 heavy (non-hydrogen) atoms. The number of amidine groups is 1. The van der Waals surface area contributed by atoms with Crippen LogP contribution in [-0.4, -0.2) is 30.4 Å². The van der Waals surface area contributed by atoms with Crippen LogP contribution in [0.15, 0.2) is 151 Å². The van der Waals surface area contributed by atoms with Crippen LogP contribution < -0.4 is 0 Å². The number of para-hydroxylation sites is 1. The van der Waals surface area contributed by atoms with E-state index in [0.717, 1.165) is 22.6 Å². The van der Waals surface area contributed by atoms with E-state index in [1.165, 1.54) is 47.9 Å². The topological polar surface area (TPSA) is 49.1 Å². The maximum absolute atomic E-state index is 5.27. The standard InChI is InChI=1S/C39H26N6S/c1-2-7-25(8-3-1)34-24-28-13-14-33-35(36(28)46-34)31-11-4-5-12-32(31)43(33)30-10-6-9-29(23-30)38-42-37(26-15-19-40-20-16-26)44-39(45(38)44)27-17-21-41-22-18-27/h1-24,38-39H. The van der Waals surface area contributed by atoms with Crippen molar-refractivity contribution in [1.82, 2.24) is 24.6 Å². The Bertz CT molecular complexity index is 2450. The zero-order chi connectivity index (χ0) is 30.2. The monoisotopic (exact) mass is 610 g/mol. The summed E-state index contributed by atoms with van der Waals surface area (Å²) in [6.07, 6.45) is 7.34. The average Bonchev–Trinajstić information content (AvgIpc) is 3.39. The molecule has 6 heterocycles. The summed E-state index contributed by atoms with van der Waals surface area (Å²) in [4.78, 5) is 15.1. The Morgan fingerprint density at radius 3 is 2.24 bits per heavy atom. The fourth-order valence-corrected chi connectivity index (χ4v) is 8.28. The second-order valence-corrected chi connectivity index (χ2v) is 12.8. The number of fused-ring (bicyclic) bond motifs is 6. The van der Waals surface area contributed by atoms with Gasteiger partial charge < -0.3 is 4.57 Å². The summed E-state index contributed by atoms with van der Waals surface area (Å²) in [5.41, 5.74) is 8.21. The lowest BCUT2D eigenvalue weighted by Crippen LogP contribution is -2.11. The van der Waals surface area contributed by atoms with Crippen LogP contribution in [0.1, 0.15) is 29.0 Å². The van der Waals surface area contributed by atoms with E-state index in [9.17, 15) is 0 Å². The van der Waals surface area contributed by atoms with E-state index in [1.807, 2.05) is 48.3 Å². The third-order valence-corrected chi connectivity index (χ3v) is 10.4. The fourth-order valence-electron chi connectivity index (χ4n) is 7.06. The van der Waals surface area contributed by atoms with Gasteiger partial charge in [-0.3, -0.25) is 15.0 Å². The molecule has 10 rings (SSSR count). The largest absolute Gasteiger partial charge is 0.309 e. The molecule has 0 N–H and O–H groups in total. The molecule has 3 atom stereocenters. The molecule has 2 aliphatic rings. The molecule has 0 bridgehead atoms. The van der Waals surface area contributed by atoms with Gasteiger partial charge >= 0.3 is 0 Å². The third kappa shape index (κ3) is 3.82. The number of hydrogen-bond donors (Lipinski definition) is 0. The molecule has 4 aromatic carbocycles. The van der Waals surface area contributed by atoms with Gasteiger partial charge in [-0.25, -0.2) is 4.99 Å². The Morgan fingerprint density at radius 2 is 1.39 bits per heavy atom. The summed E-state index contributed by atoms with van der Waals surface area (Å²) < 4.78 is 3.74. The van der Waals surface area contributed by atoms with Gasteiger partial charge in [-0.1, -0.05) is 66.7 Å². The second kappa shape index (κ2) is 9.94. The minimum atomic E-state index is -0.146. The number of rotatable bonds is 5. The van der Waals surface area contributed by atoms with Gasteiger partial charge in [-0.2, -0.15) is 5.01 Å². The molecule has 0 saturated carbocycles. The summed E-state index contributed by atoms with van der Waals surface area (Å²) >= 11 is 1.88. The fraction of sp³-hybridized carbons (Fsp3) is 0.0513. The SMILES string of the molecule is c1ccc(-c2cc3ccc4c(c5ccccc5n4-c4cccc(C5N=C(c6ccncc6)N6C(c7ccncc7)N56)c4)c3s2)cc1. The quantitative estimate of drug-likeness (QED) is 0.182. The molecular formula is C39H26N6S. The van der Waals surface area contributed by atoms with Crippen molar-refractivity contribution in [1.29, 1.82) is 0 Å². The van der Waals surface area contributed by atoms with Gasteiger partial charge in [0.05, 0.1) is 11.0 Å². The van der Waals surface area contributed by atoms with Crippen LogP contribution in [0.3, 0.4) is 0 Å². The molecule has 0 amide bonds. The van der Waals surface area contributed by atoms with Crippen LogP contribution >= 0.6 is 11.3 Å². The van der Waals surface area contributed by atoms with Gasteiger partial charge in [0.25, 0.3) is 0 Å². The molecule has 8 aromatic rings. The zero-order valence-corrected chi connectivity index (χ0v) is 25.4. The number of hydrazine groups is 1. The highest BCUT2D eigenvalue weighted by Gasteiger charge is 2.57. The van der Waals surface area contributed by atoms with Crippen LogP contribution in [-0.2, 0) is 0 Å². The first-order chi connectivity index (χ1) is 22.8. The molecular weight excluding hydrogens is 585 g/mol. The molecule has 1 fully saturated rings. The maximum Gasteiger partial charge on any atom is 0.150 e. The number of nitrogens with zero attached hydrogens (tertiary/aromatic N) is 6. The lowest BCUT2D eigenvalue weighted by atomic mass is 10.1. The first-order valence-corrected chi connectivity index (χ1v) is 16.2. The number of aliphatic imine (C=N–C) groups is 1. The van der Waals surface area contributed by atoms with Gasteiger partial charge in [0.1, 0.15) is 18.2 Å². The molecule has 0 spiro atoms. The molecule has 3 unspecified atom stereocenters. The van der Waals surface area contributed by atoms with Gasteiger partial charge in [0, 0.05) is 56.4 Å². The van der Waals surface area contributed by atoms with E-state index in [0.29, 0.717) is 0 Å². The minimum absolute atomic E-state index is 0.108. The highest BCUT2D eigenvalue weighted by Crippen LogP contribution is 2.54. The third-order valence-electron chi connectivity index (χ3n) is 9.14. The van der Waals surface area contributed by atoms with E-state index in [4.69, 9.17) is 4.99 Å². The zero-order valence-electron chi connectivity index (χ0n) is 24.6. The summed E-state index contributed by atoms with van der Waals surface area (Å²) in [6, 6.07) is 43.5. The minimum Gasteiger partial charge on any atom is -0.309 e. The van der Waals surface area contributed by atoms with E-state index in [2.05, 4.69) is 134 Å². The summed E-state index contributed by atoms with van der Waals surface area (Å²) in [7, 11) is 0. The molecule has 0 radical (unpaired) electrons. The molecule has 218 valence electrons. The summed E-state index contributed by atoms with van der Waals surface area (Å²) in [5, 5.41) is 8.50. The molecule has 2 aliphatic heterocycles. The van der Waals surface area contributed by atoms with E-state index < -0.39 is 0 Å². The van der Waals surface area contributed by atoms with Crippen molar-refractivity contribution in [3.05, 3.63) is 163 Å². The van der Waals surface area contributed by atoms with Crippen molar-refractivity contribution in [3.63, 3.8) is 0 Å². The smallest absolute Gasteiger partial charge is 0.150 e. The van der Waals surface area contributed by atoms with E-state index in [-0.39, 0.29) is 12.3 Å². The number of benzene rings is 4. The molecule has 1 saturated heterocycles. The number of hydrogen-bond acceptors (Lipinski definition) is 6. The second-order valence-electron chi connectivity index (χ2n) is 11.7. The Morgan fingerprint density at radius 1 is 0.609 bits per heavy atom.